The predicted molar refractivity (Wildman–Crippen MR) is 70.6 cm³/mol. The van der Waals surface area contributed by atoms with Gasteiger partial charge in [-0.1, -0.05) is 6.07 Å². The van der Waals surface area contributed by atoms with Crippen LogP contribution in [0.1, 0.15) is 26.7 Å². The van der Waals surface area contributed by atoms with Crippen molar-refractivity contribution in [2.24, 2.45) is 0 Å². The Morgan fingerprint density at radius 2 is 1.78 bits per heavy atom. The van der Waals surface area contributed by atoms with Crippen molar-refractivity contribution in [3.8, 4) is 17.2 Å². The first-order chi connectivity index (χ1) is 8.48. The zero-order valence-corrected chi connectivity index (χ0v) is 11.5. The molecule has 18 heavy (non-hydrogen) atoms. The second-order valence-electron chi connectivity index (χ2n) is 4.76. The van der Waals surface area contributed by atoms with Gasteiger partial charge in [0, 0.05) is 0 Å². The number of rotatable bonds is 7. The highest BCUT2D eigenvalue weighted by Crippen LogP contribution is 2.36. The molecule has 0 bridgehead atoms. The minimum atomic E-state index is -0.651. The summed E-state index contributed by atoms with van der Waals surface area (Å²) in [5.74, 6) is 1.91. The van der Waals surface area contributed by atoms with E-state index < -0.39 is 5.60 Å². The molecule has 0 aliphatic rings. The molecule has 102 valence electrons. The Hall–Kier alpha value is -1.42. The second-order valence-corrected chi connectivity index (χ2v) is 4.76. The summed E-state index contributed by atoms with van der Waals surface area (Å²) in [5.41, 5.74) is -0.651. The Balaban J connectivity index is 2.57. The van der Waals surface area contributed by atoms with Gasteiger partial charge < -0.3 is 19.3 Å². The first-order valence-electron chi connectivity index (χ1n) is 6.04. The molecule has 0 spiro atoms. The van der Waals surface area contributed by atoms with Crippen molar-refractivity contribution in [2.75, 3.05) is 20.8 Å². The van der Waals surface area contributed by atoms with Crippen LogP contribution in [0.5, 0.6) is 17.2 Å². The monoisotopic (exact) mass is 254 g/mol. The summed E-state index contributed by atoms with van der Waals surface area (Å²) in [6, 6.07) is 5.51. The molecule has 1 N–H and O–H groups in total. The summed E-state index contributed by atoms with van der Waals surface area (Å²) in [6.45, 7) is 4.12. The first-order valence-corrected chi connectivity index (χ1v) is 6.04. The van der Waals surface area contributed by atoms with Crippen molar-refractivity contribution in [3.63, 3.8) is 0 Å². The van der Waals surface area contributed by atoms with Crippen LogP contribution >= 0.6 is 0 Å². The zero-order valence-electron chi connectivity index (χ0n) is 11.5. The standard InChI is InChI=1S/C14H22O4/c1-14(2,15)9-6-10-18-12-8-5-7-11(16-3)13(12)17-4/h5,7-8,15H,6,9-10H2,1-4H3. The minimum Gasteiger partial charge on any atom is -0.493 e. The molecule has 4 nitrogen and oxygen atoms in total. The summed E-state index contributed by atoms with van der Waals surface area (Å²) in [7, 11) is 3.18. The van der Waals surface area contributed by atoms with Crippen LogP contribution in [0.3, 0.4) is 0 Å². The predicted octanol–water partition coefficient (Wildman–Crippen LogP) is 2.63. The van der Waals surface area contributed by atoms with E-state index >= 15 is 0 Å². The summed E-state index contributed by atoms with van der Waals surface area (Å²) >= 11 is 0. The average molecular weight is 254 g/mol. The maximum atomic E-state index is 9.60. The number of benzene rings is 1. The molecule has 0 fully saturated rings. The molecule has 0 saturated carbocycles. The summed E-state index contributed by atoms with van der Waals surface area (Å²) in [4.78, 5) is 0. The van der Waals surface area contributed by atoms with Gasteiger partial charge in [0.05, 0.1) is 26.4 Å². The Bertz CT molecular complexity index is 369. The van der Waals surface area contributed by atoms with E-state index in [0.717, 1.165) is 6.42 Å². The van der Waals surface area contributed by atoms with Crippen LogP contribution in [-0.4, -0.2) is 31.5 Å². The smallest absolute Gasteiger partial charge is 0.203 e. The normalized spacial score (nSPS) is 11.2. The van der Waals surface area contributed by atoms with Crippen LogP contribution in [-0.2, 0) is 0 Å². The van der Waals surface area contributed by atoms with Crippen LogP contribution in [0.2, 0.25) is 0 Å². The van der Waals surface area contributed by atoms with Gasteiger partial charge in [-0.3, -0.25) is 0 Å². The lowest BCUT2D eigenvalue weighted by atomic mass is 10.0. The number of methoxy groups -OCH3 is 2. The number of ether oxygens (including phenoxy) is 3. The van der Waals surface area contributed by atoms with Crippen molar-refractivity contribution in [1.29, 1.82) is 0 Å². The molecular weight excluding hydrogens is 232 g/mol. The van der Waals surface area contributed by atoms with E-state index in [4.69, 9.17) is 14.2 Å². The fourth-order valence-electron chi connectivity index (χ4n) is 1.66. The molecule has 0 heterocycles. The molecule has 0 aliphatic carbocycles. The lowest BCUT2D eigenvalue weighted by Crippen LogP contribution is -2.19. The minimum absolute atomic E-state index is 0.535. The van der Waals surface area contributed by atoms with Crippen LogP contribution in [0.15, 0.2) is 18.2 Å². The van der Waals surface area contributed by atoms with Crippen LogP contribution < -0.4 is 14.2 Å². The van der Waals surface area contributed by atoms with E-state index in [-0.39, 0.29) is 0 Å². The highest BCUT2D eigenvalue weighted by Gasteiger charge is 2.13. The molecule has 0 radical (unpaired) electrons. The van der Waals surface area contributed by atoms with Gasteiger partial charge in [-0.15, -0.1) is 0 Å². The van der Waals surface area contributed by atoms with E-state index in [9.17, 15) is 5.11 Å². The summed E-state index contributed by atoms with van der Waals surface area (Å²) in [5, 5.41) is 9.60. The van der Waals surface area contributed by atoms with Crippen LogP contribution in [0, 0.1) is 0 Å². The van der Waals surface area contributed by atoms with Gasteiger partial charge in [-0.2, -0.15) is 0 Å². The molecule has 1 aromatic carbocycles. The van der Waals surface area contributed by atoms with E-state index in [1.165, 1.54) is 0 Å². The summed E-state index contributed by atoms with van der Waals surface area (Å²) < 4.78 is 16.1. The van der Waals surface area contributed by atoms with Gasteiger partial charge in [-0.05, 0) is 38.8 Å². The van der Waals surface area contributed by atoms with Gasteiger partial charge in [0.15, 0.2) is 11.5 Å². The van der Waals surface area contributed by atoms with Gasteiger partial charge >= 0.3 is 0 Å². The van der Waals surface area contributed by atoms with Gasteiger partial charge in [0.1, 0.15) is 0 Å². The molecule has 0 atom stereocenters. The Morgan fingerprint density at radius 1 is 1.11 bits per heavy atom. The quantitative estimate of drug-likeness (QED) is 0.760. The third-order valence-corrected chi connectivity index (χ3v) is 2.56. The van der Waals surface area contributed by atoms with Crippen molar-refractivity contribution in [3.05, 3.63) is 18.2 Å². The molecule has 0 saturated heterocycles. The summed E-state index contributed by atoms with van der Waals surface area (Å²) in [6.07, 6.45) is 1.48. The Labute approximate surface area is 108 Å². The molecular formula is C14H22O4. The lowest BCUT2D eigenvalue weighted by Gasteiger charge is -2.17. The van der Waals surface area contributed by atoms with Crippen molar-refractivity contribution in [2.45, 2.75) is 32.3 Å². The van der Waals surface area contributed by atoms with Crippen LogP contribution in [0.4, 0.5) is 0 Å². The lowest BCUT2D eigenvalue weighted by molar-refractivity contribution is 0.0640. The molecule has 0 aliphatic heterocycles. The molecule has 1 rings (SSSR count). The average Bonchev–Trinajstić information content (AvgIpc) is 2.32. The topological polar surface area (TPSA) is 47.9 Å². The van der Waals surface area contributed by atoms with Gasteiger partial charge in [0.2, 0.25) is 5.75 Å². The van der Waals surface area contributed by atoms with E-state index in [0.29, 0.717) is 30.3 Å². The van der Waals surface area contributed by atoms with Crippen molar-refractivity contribution < 1.29 is 19.3 Å². The first kappa shape index (κ1) is 14.6. The highest BCUT2D eigenvalue weighted by atomic mass is 16.5. The SMILES string of the molecule is COc1cccc(OCCCC(C)(C)O)c1OC. The Kier molecular flexibility index (Phi) is 5.28. The number of hydrogen-bond acceptors (Lipinski definition) is 4. The largest absolute Gasteiger partial charge is 0.493 e. The highest BCUT2D eigenvalue weighted by molar-refractivity contribution is 5.50. The number of para-hydroxylation sites is 1. The molecule has 0 amide bonds. The second kappa shape index (κ2) is 6.50. The van der Waals surface area contributed by atoms with Gasteiger partial charge in [-0.25, -0.2) is 0 Å². The molecule has 0 unspecified atom stereocenters. The zero-order chi connectivity index (χ0) is 13.6. The molecule has 1 aromatic rings. The maximum Gasteiger partial charge on any atom is 0.203 e. The molecule has 4 heteroatoms. The number of hydrogen-bond donors (Lipinski definition) is 1. The van der Waals surface area contributed by atoms with Crippen molar-refractivity contribution >= 4 is 0 Å². The molecule has 0 aromatic heterocycles. The maximum absolute atomic E-state index is 9.60. The van der Waals surface area contributed by atoms with Gasteiger partial charge in [0.25, 0.3) is 0 Å². The third-order valence-electron chi connectivity index (χ3n) is 2.56. The van der Waals surface area contributed by atoms with E-state index in [1.807, 2.05) is 18.2 Å². The van der Waals surface area contributed by atoms with E-state index in [2.05, 4.69) is 0 Å². The van der Waals surface area contributed by atoms with Crippen molar-refractivity contribution in [1.82, 2.24) is 0 Å². The Morgan fingerprint density at radius 3 is 2.33 bits per heavy atom. The third kappa shape index (κ3) is 4.45. The fourth-order valence-corrected chi connectivity index (χ4v) is 1.66. The van der Waals surface area contributed by atoms with E-state index in [1.54, 1.807) is 28.1 Å². The fraction of sp³-hybridized carbons (Fsp3) is 0.571. The van der Waals surface area contributed by atoms with Crippen LogP contribution in [0.25, 0.3) is 0 Å². The number of aliphatic hydroxyl groups is 1.